The number of methoxy groups -OCH3 is 1. The van der Waals surface area contributed by atoms with Gasteiger partial charge in [-0.3, -0.25) is 9.78 Å². The van der Waals surface area contributed by atoms with Gasteiger partial charge in [0.15, 0.2) is 5.11 Å². The van der Waals surface area contributed by atoms with Crippen LogP contribution in [0.5, 0.6) is 0 Å². The van der Waals surface area contributed by atoms with Crippen LogP contribution < -0.4 is 15.5 Å². The number of nitrogens with one attached hydrogen (secondary N) is 2. The third kappa shape index (κ3) is 4.73. The van der Waals surface area contributed by atoms with Crippen LogP contribution in [0.15, 0.2) is 89.5 Å². The standard InChI is InChI=1S/C28H26N4O3S/c1-18-16-20(11-12-21(18)30-25(33)17-34-2)32-27(26(31-28(32)36)22-10-6-7-15-29-22)24-14-13-23(35-24)19-8-4-3-5-9-19/h3-16,26-27H,17H2,1-2H3,(H,30,33)(H,31,36). The summed E-state index contributed by atoms with van der Waals surface area (Å²) in [6.45, 7) is 1.95. The third-order valence-electron chi connectivity index (χ3n) is 6.11. The molecule has 1 saturated heterocycles. The first-order chi connectivity index (χ1) is 17.5. The van der Waals surface area contributed by atoms with Crippen molar-refractivity contribution in [2.75, 3.05) is 23.9 Å². The molecule has 5 rings (SSSR count). The summed E-state index contributed by atoms with van der Waals surface area (Å²) in [5.41, 5.74) is 4.39. The quantitative estimate of drug-likeness (QED) is 0.330. The Kier molecular flexibility index (Phi) is 6.79. The molecular formula is C28H26N4O3S. The number of aryl methyl sites for hydroxylation is 1. The number of carbonyl (C=O) groups excluding carboxylic acids is 1. The van der Waals surface area contributed by atoms with E-state index in [9.17, 15) is 4.79 Å². The van der Waals surface area contributed by atoms with Crippen molar-refractivity contribution in [3.63, 3.8) is 0 Å². The van der Waals surface area contributed by atoms with E-state index < -0.39 is 0 Å². The van der Waals surface area contributed by atoms with Crippen LogP contribution >= 0.6 is 12.2 Å². The molecular weight excluding hydrogens is 472 g/mol. The van der Waals surface area contributed by atoms with Crippen LogP contribution in [-0.2, 0) is 9.53 Å². The Balaban J connectivity index is 1.53. The summed E-state index contributed by atoms with van der Waals surface area (Å²) in [5.74, 6) is 1.35. The number of pyridine rings is 1. The summed E-state index contributed by atoms with van der Waals surface area (Å²) in [5, 5.41) is 6.90. The molecule has 2 atom stereocenters. The lowest BCUT2D eigenvalue weighted by Crippen LogP contribution is -2.29. The summed E-state index contributed by atoms with van der Waals surface area (Å²) >= 11 is 5.82. The average Bonchev–Trinajstić information content (AvgIpc) is 3.51. The van der Waals surface area contributed by atoms with Crippen LogP contribution in [0.25, 0.3) is 11.3 Å². The van der Waals surface area contributed by atoms with Gasteiger partial charge in [0.1, 0.15) is 24.2 Å². The van der Waals surface area contributed by atoms with E-state index >= 15 is 0 Å². The summed E-state index contributed by atoms with van der Waals surface area (Å²) in [6.07, 6.45) is 1.78. The molecule has 2 aromatic heterocycles. The monoisotopic (exact) mass is 498 g/mol. The molecule has 7 nitrogen and oxygen atoms in total. The van der Waals surface area contributed by atoms with Crippen LogP contribution in [-0.4, -0.2) is 29.7 Å². The SMILES string of the molecule is COCC(=O)Nc1ccc(N2C(=S)NC(c3ccccn3)C2c2ccc(-c3ccccc3)o2)cc1C. The number of amides is 1. The minimum absolute atomic E-state index is 0.00259. The van der Waals surface area contributed by atoms with Gasteiger partial charge in [0.25, 0.3) is 0 Å². The second-order valence-corrected chi connectivity index (χ2v) is 8.93. The van der Waals surface area contributed by atoms with Crippen molar-refractivity contribution in [2.45, 2.75) is 19.0 Å². The number of rotatable bonds is 7. The van der Waals surface area contributed by atoms with Gasteiger partial charge in [0, 0.05) is 30.2 Å². The Morgan fingerprint density at radius 1 is 1.11 bits per heavy atom. The molecule has 2 aromatic carbocycles. The minimum atomic E-state index is -0.266. The predicted octanol–water partition coefficient (Wildman–Crippen LogP) is 5.41. The smallest absolute Gasteiger partial charge is 0.250 e. The second-order valence-electron chi connectivity index (χ2n) is 8.55. The number of carbonyl (C=O) groups is 1. The van der Waals surface area contributed by atoms with E-state index in [4.69, 9.17) is 21.4 Å². The molecule has 0 bridgehead atoms. The Morgan fingerprint density at radius 2 is 1.92 bits per heavy atom. The molecule has 1 aliphatic rings. The van der Waals surface area contributed by atoms with Crippen molar-refractivity contribution in [1.82, 2.24) is 10.3 Å². The molecule has 36 heavy (non-hydrogen) atoms. The molecule has 4 aromatic rings. The van der Waals surface area contributed by atoms with E-state index in [-0.39, 0.29) is 24.6 Å². The number of ether oxygens (including phenoxy) is 1. The van der Waals surface area contributed by atoms with Gasteiger partial charge in [-0.05, 0) is 67.2 Å². The summed E-state index contributed by atoms with van der Waals surface area (Å²) in [6, 6.07) is 25.2. The lowest BCUT2D eigenvalue weighted by Gasteiger charge is -2.26. The van der Waals surface area contributed by atoms with Crippen LogP contribution in [0, 0.1) is 6.92 Å². The first-order valence-corrected chi connectivity index (χ1v) is 12.0. The number of anilines is 2. The maximum atomic E-state index is 12.0. The van der Waals surface area contributed by atoms with Gasteiger partial charge in [-0.25, -0.2) is 0 Å². The largest absolute Gasteiger partial charge is 0.459 e. The van der Waals surface area contributed by atoms with E-state index in [1.807, 2.05) is 85.8 Å². The predicted molar refractivity (Wildman–Crippen MR) is 144 cm³/mol. The van der Waals surface area contributed by atoms with E-state index in [1.54, 1.807) is 6.20 Å². The zero-order valence-corrected chi connectivity index (χ0v) is 20.8. The molecule has 1 fully saturated rings. The fourth-order valence-electron chi connectivity index (χ4n) is 4.45. The molecule has 0 spiro atoms. The molecule has 1 amide bonds. The minimum Gasteiger partial charge on any atom is -0.459 e. The zero-order valence-electron chi connectivity index (χ0n) is 20.0. The van der Waals surface area contributed by atoms with Gasteiger partial charge >= 0.3 is 0 Å². The Labute approximate surface area is 215 Å². The maximum absolute atomic E-state index is 12.0. The fraction of sp³-hybridized carbons (Fsp3) is 0.179. The highest BCUT2D eigenvalue weighted by atomic mass is 32.1. The third-order valence-corrected chi connectivity index (χ3v) is 6.43. The molecule has 2 N–H and O–H groups in total. The average molecular weight is 499 g/mol. The van der Waals surface area contributed by atoms with Crippen molar-refractivity contribution < 1.29 is 13.9 Å². The molecule has 3 heterocycles. The highest BCUT2D eigenvalue weighted by molar-refractivity contribution is 7.80. The molecule has 182 valence electrons. The van der Waals surface area contributed by atoms with Gasteiger partial charge in [0.05, 0.1) is 11.7 Å². The van der Waals surface area contributed by atoms with E-state index in [0.29, 0.717) is 5.11 Å². The normalized spacial score (nSPS) is 17.2. The summed E-state index contributed by atoms with van der Waals surface area (Å²) in [4.78, 5) is 18.7. The van der Waals surface area contributed by atoms with Crippen molar-refractivity contribution in [2.24, 2.45) is 0 Å². The van der Waals surface area contributed by atoms with Crippen LogP contribution in [0.3, 0.4) is 0 Å². The lowest BCUT2D eigenvalue weighted by molar-refractivity contribution is -0.119. The molecule has 1 aliphatic heterocycles. The number of hydrogen-bond donors (Lipinski definition) is 2. The maximum Gasteiger partial charge on any atom is 0.250 e. The van der Waals surface area contributed by atoms with Crippen LogP contribution in [0.2, 0.25) is 0 Å². The van der Waals surface area contributed by atoms with Gasteiger partial charge in [-0.15, -0.1) is 0 Å². The first-order valence-electron chi connectivity index (χ1n) is 11.6. The number of aromatic nitrogens is 1. The van der Waals surface area contributed by atoms with Crippen LogP contribution in [0.4, 0.5) is 11.4 Å². The van der Waals surface area contributed by atoms with E-state index in [1.165, 1.54) is 7.11 Å². The Hall–Kier alpha value is -4.01. The van der Waals surface area contributed by atoms with Gasteiger partial charge in [0.2, 0.25) is 5.91 Å². The highest BCUT2D eigenvalue weighted by Crippen LogP contribution is 2.43. The summed E-state index contributed by atoms with van der Waals surface area (Å²) in [7, 11) is 1.49. The van der Waals surface area contributed by atoms with Crippen LogP contribution in [0.1, 0.15) is 29.1 Å². The Bertz CT molecular complexity index is 1370. The van der Waals surface area contributed by atoms with Crippen molar-refractivity contribution >= 4 is 34.6 Å². The van der Waals surface area contributed by atoms with Crippen molar-refractivity contribution in [3.05, 3.63) is 102 Å². The van der Waals surface area contributed by atoms with Gasteiger partial charge in [-0.1, -0.05) is 36.4 Å². The number of benzene rings is 2. The summed E-state index contributed by atoms with van der Waals surface area (Å²) < 4.78 is 11.3. The van der Waals surface area contributed by atoms with E-state index in [2.05, 4.69) is 20.5 Å². The molecule has 0 saturated carbocycles. The molecule has 2 unspecified atom stereocenters. The molecule has 0 radical (unpaired) electrons. The first kappa shape index (κ1) is 23.7. The zero-order chi connectivity index (χ0) is 25.1. The number of thiocarbonyl (C=S) groups is 1. The molecule has 8 heteroatoms. The second kappa shape index (κ2) is 10.3. The Morgan fingerprint density at radius 3 is 2.64 bits per heavy atom. The highest BCUT2D eigenvalue weighted by Gasteiger charge is 2.42. The van der Waals surface area contributed by atoms with Crippen molar-refractivity contribution in [1.29, 1.82) is 0 Å². The number of nitrogens with zero attached hydrogens (tertiary/aromatic N) is 2. The van der Waals surface area contributed by atoms with Gasteiger partial charge < -0.3 is 24.7 Å². The fourth-order valence-corrected chi connectivity index (χ4v) is 4.79. The number of hydrogen-bond acceptors (Lipinski definition) is 5. The van der Waals surface area contributed by atoms with E-state index in [0.717, 1.165) is 39.7 Å². The number of furan rings is 1. The van der Waals surface area contributed by atoms with Gasteiger partial charge in [-0.2, -0.15) is 0 Å². The molecule has 0 aliphatic carbocycles. The lowest BCUT2D eigenvalue weighted by atomic mass is 10.0. The van der Waals surface area contributed by atoms with Crippen molar-refractivity contribution in [3.8, 4) is 11.3 Å². The topological polar surface area (TPSA) is 79.6 Å².